The number of aliphatic imine (C=N–C) groups is 1. The van der Waals surface area contributed by atoms with Crippen LogP contribution in [-0.4, -0.2) is 88.0 Å². The summed E-state index contributed by atoms with van der Waals surface area (Å²) >= 11 is 0. The summed E-state index contributed by atoms with van der Waals surface area (Å²) in [5, 5.41) is 3.27. The van der Waals surface area contributed by atoms with Gasteiger partial charge in [0.05, 0.1) is 39.0 Å². The van der Waals surface area contributed by atoms with Crippen LogP contribution in [0.4, 0.5) is 0 Å². The molecule has 2 aliphatic heterocycles. The first-order valence-corrected chi connectivity index (χ1v) is 10.4. The van der Waals surface area contributed by atoms with Crippen LogP contribution in [0.2, 0.25) is 0 Å². The minimum absolute atomic E-state index is 0. The minimum Gasteiger partial charge on any atom is -0.379 e. The van der Waals surface area contributed by atoms with Crippen molar-refractivity contribution in [2.75, 3.05) is 72.2 Å². The Bertz CT molecular complexity index is 602. The van der Waals surface area contributed by atoms with E-state index in [1.807, 2.05) is 0 Å². The van der Waals surface area contributed by atoms with E-state index in [9.17, 15) is 0 Å². The van der Waals surface area contributed by atoms with E-state index in [1.54, 1.807) is 0 Å². The summed E-state index contributed by atoms with van der Waals surface area (Å²) in [6, 6.07) is 8.98. The summed E-state index contributed by atoms with van der Waals surface area (Å²) in [6.07, 6.45) is 1.06. The lowest BCUT2D eigenvalue weighted by Crippen LogP contribution is -2.41. The summed E-state index contributed by atoms with van der Waals surface area (Å²) < 4.78 is 10.9. The molecule has 0 radical (unpaired) electrons. The Morgan fingerprint density at radius 3 is 2.34 bits per heavy atom. The number of hydrogen-bond acceptors (Lipinski definition) is 5. The van der Waals surface area contributed by atoms with E-state index in [4.69, 9.17) is 15.2 Å². The van der Waals surface area contributed by atoms with E-state index < -0.39 is 0 Å². The third kappa shape index (κ3) is 8.37. The predicted octanol–water partition coefficient (Wildman–Crippen LogP) is 1.61. The molecule has 2 fully saturated rings. The zero-order valence-electron chi connectivity index (χ0n) is 17.5. The molecule has 0 amide bonds. The number of ether oxygens (including phenoxy) is 2. The molecule has 164 valence electrons. The summed E-state index contributed by atoms with van der Waals surface area (Å²) in [7, 11) is 0. The lowest BCUT2D eigenvalue weighted by Gasteiger charge is -2.34. The summed E-state index contributed by atoms with van der Waals surface area (Å²) in [5.74, 6) is 0.535. The Hall–Kier alpha value is -0.940. The van der Waals surface area contributed by atoms with Gasteiger partial charge in [0, 0.05) is 32.7 Å². The average Bonchev–Trinajstić information content (AvgIpc) is 2.74. The van der Waals surface area contributed by atoms with E-state index >= 15 is 0 Å². The van der Waals surface area contributed by atoms with Crippen LogP contribution in [0.5, 0.6) is 0 Å². The van der Waals surface area contributed by atoms with Gasteiger partial charge in [0.25, 0.3) is 0 Å². The van der Waals surface area contributed by atoms with Gasteiger partial charge in [0.15, 0.2) is 5.96 Å². The number of nitrogens with one attached hydrogen (secondary N) is 1. The molecule has 7 nitrogen and oxygen atoms in total. The van der Waals surface area contributed by atoms with Crippen molar-refractivity contribution in [2.24, 2.45) is 10.7 Å². The Kier molecular flexibility index (Phi) is 11.2. The Labute approximate surface area is 192 Å². The summed E-state index contributed by atoms with van der Waals surface area (Å²) in [6.45, 7) is 11.9. The fourth-order valence-electron chi connectivity index (χ4n) is 3.69. The van der Waals surface area contributed by atoms with Gasteiger partial charge in [-0.15, -0.1) is 24.0 Å². The van der Waals surface area contributed by atoms with Gasteiger partial charge in [0.2, 0.25) is 0 Å². The number of hydrogen-bond donors (Lipinski definition) is 2. The first-order chi connectivity index (χ1) is 13.7. The molecule has 0 saturated carbocycles. The third-order valence-electron chi connectivity index (χ3n) is 5.44. The monoisotopic (exact) mass is 517 g/mol. The van der Waals surface area contributed by atoms with Crippen LogP contribution in [0, 0.1) is 6.92 Å². The number of halogens is 1. The number of rotatable bonds is 8. The molecule has 29 heavy (non-hydrogen) atoms. The van der Waals surface area contributed by atoms with Gasteiger partial charge in [-0.05, 0) is 25.5 Å². The summed E-state index contributed by atoms with van der Waals surface area (Å²) in [5.41, 5.74) is 8.70. The van der Waals surface area contributed by atoms with Crippen LogP contribution in [0.1, 0.15) is 23.6 Å². The highest BCUT2D eigenvalue weighted by atomic mass is 127. The van der Waals surface area contributed by atoms with Gasteiger partial charge in [-0.3, -0.25) is 14.8 Å². The molecule has 1 unspecified atom stereocenters. The van der Waals surface area contributed by atoms with Crippen molar-refractivity contribution >= 4 is 29.9 Å². The van der Waals surface area contributed by atoms with Crippen LogP contribution < -0.4 is 11.1 Å². The molecule has 2 aliphatic rings. The number of aryl methyl sites for hydroxylation is 1. The average molecular weight is 517 g/mol. The fraction of sp³-hybridized carbons (Fsp3) is 0.667. The molecule has 0 aliphatic carbocycles. The molecule has 0 aromatic heterocycles. The highest BCUT2D eigenvalue weighted by Crippen LogP contribution is 2.22. The molecule has 3 rings (SSSR count). The Morgan fingerprint density at radius 1 is 1.07 bits per heavy atom. The van der Waals surface area contributed by atoms with Crippen molar-refractivity contribution in [3.05, 3.63) is 35.4 Å². The Balaban J connectivity index is 0.00000300. The van der Waals surface area contributed by atoms with Crippen LogP contribution in [0.15, 0.2) is 29.3 Å². The van der Waals surface area contributed by atoms with E-state index in [2.05, 4.69) is 51.3 Å². The number of benzene rings is 1. The number of morpholine rings is 2. The third-order valence-corrected chi connectivity index (χ3v) is 5.44. The highest BCUT2D eigenvalue weighted by molar-refractivity contribution is 14.0. The van der Waals surface area contributed by atoms with Crippen molar-refractivity contribution in [1.29, 1.82) is 0 Å². The van der Waals surface area contributed by atoms with Crippen LogP contribution in [-0.2, 0) is 9.47 Å². The van der Waals surface area contributed by atoms with Gasteiger partial charge in [-0.1, -0.05) is 29.8 Å². The maximum atomic E-state index is 6.14. The van der Waals surface area contributed by atoms with Gasteiger partial charge < -0.3 is 20.5 Å². The SMILES string of the molecule is Cc1ccc(C(CN=C(N)NCCCN2CCOCC2)N2CCOCC2)cc1.I. The summed E-state index contributed by atoms with van der Waals surface area (Å²) in [4.78, 5) is 9.53. The lowest BCUT2D eigenvalue weighted by atomic mass is 10.0. The molecule has 2 heterocycles. The number of guanidine groups is 1. The molecule has 0 spiro atoms. The predicted molar refractivity (Wildman–Crippen MR) is 128 cm³/mol. The van der Waals surface area contributed by atoms with E-state index in [0.29, 0.717) is 12.5 Å². The highest BCUT2D eigenvalue weighted by Gasteiger charge is 2.22. The molecular weight excluding hydrogens is 481 g/mol. The molecule has 1 aromatic carbocycles. The largest absolute Gasteiger partial charge is 0.379 e. The normalized spacial score (nSPS) is 20.1. The molecule has 2 saturated heterocycles. The smallest absolute Gasteiger partial charge is 0.188 e. The first-order valence-electron chi connectivity index (χ1n) is 10.4. The van der Waals surface area contributed by atoms with Crippen LogP contribution in [0.25, 0.3) is 0 Å². The zero-order chi connectivity index (χ0) is 19.6. The fourth-order valence-corrected chi connectivity index (χ4v) is 3.69. The first kappa shape index (κ1) is 24.3. The molecule has 1 atom stereocenters. The van der Waals surface area contributed by atoms with E-state index in [1.165, 1.54) is 11.1 Å². The lowest BCUT2D eigenvalue weighted by molar-refractivity contribution is 0.0180. The van der Waals surface area contributed by atoms with Crippen molar-refractivity contribution < 1.29 is 9.47 Å². The quantitative estimate of drug-likeness (QED) is 0.236. The number of nitrogens with zero attached hydrogens (tertiary/aromatic N) is 3. The topological polar surface area (TPSA) is 75.3 Å². The van der Waals surface area contributed by atoms with Gasteiger partial charge in [-0.25, -0.2) is 0 Å². The van der Waals surface area contributed by atoms with Gasteiger partial charge in [0.1, 0.15) is 0 Å². The second kappa shape index (κ2) is 13.4. The standard InChI is InChI=1S/C21H35N5O2.HI/c1-18-3-5-19(6-4-18)20(26-11-15-28-16-12-26)17-24-21(22)23-7-2-8-25-9-13-27-14-10-25;/h3-6,20H,2,7-17H2,1H3,(H3,22,23,24);1H. The second-order valence-corrected chi connectivity index (χ2v) is 7.54. The molecule has 3 N–H and O–H groups in total. The van der Waals surface area contributed by atoms with Crippen LogP contribution in [0.3, 0.4) is 0 Å². The molecular formula is C21H36IN5O2. The van der Waals surface area contributed by atoms with Crippen molar-refractivity contribution in [2.45, 2.75) is 19.4 Å². The second-order valence-electron chi connectivity index (χ2n) is 7.54. The van der Waals surface area contributed by atoms with Crippen molar-refractivity contribution in [3.8, 4) is 0 Å². The molecule has 0 bridgehead atoms. The minimum atomic E-state index is 0. The maximum absolute atomic E-state index is 6.14. The van der Waals surface area contributed by atoms with Gasteiger partial charge in [-0.2, -0.15) is 0 Å². The Morgan fingerprint density at radius 2 is 1.69 bits per heavy atom. The van der Waals surface area contributed by atoms with Crippen molar-refractivity contribution in [3.63, 3.8) is 0 Å². The van der Waals surface area contributed by atoms with Crippen LogP contribution >= 0.6 is 24.0 Å². The van der Waals surface area contributed by atoms with Crippen molar-refractivity contribution in [1.82, 2.24) is 15.1 Å². The van der Waals surface area contributed by atoms with E-state index in [-0.39, 0.29) is 30.0 Å². The molecule has 8 heteroatoms. The number of nitrogens with two attached hydrogens (primary N) is 1. The molecule has 1 aromatic rings. The van der Waals surface area contributed by atoms with Gasteiger partial charge >= 0.3 is 0 Å². The van der Waals surface area contributed by atoms with E-state index in [0.717, 1.165) is 72.1 Å². The maximum Gasteiger partial charge on any atom is 0.188 e. The zero-order valence-corrected chi connectivity index (χ0v) is 19.8.